The van der Waals surface area contributed by atoms with Crippen molar-refractivity contribution in [3.8, 4) is 0 Å². The lowest BCUT2D eigenvalue weighted by atomic mass is 10.4. The Morgan fingerprint density at radius 1 is 1.00 bits per heavy atom. The first-order valence-electron chi connectivity index (χ1n) is 5.06. The Labute approximate surface area is 79.3 Å². The van der Waals surface area contributed by atoms with E-state index in [1.807, 2.05) is 34.7 Å². The third-order valence-corrected chi connectivity index (χ3v) is 1.03. The van der Waals surface area contributed by atoms with E-state index in [9.17, 15) is 0 Å². The van der Waals surface area contributed by atoms with Crippen LogP contribution in [0.15, 0.2) is 0 Å². The van der Waals surface area contributed by atoms with E-state index in [2.05, 4.69) is 24.3 Å². The lowest BCUT2D eigenvalue weighted by Crippen LogP contribution is -2.18. The largest absolute Gasteiger partial charge is 0.320 e. The minimum absolute atomic E-state index is 1.12. The summed E-state index contributed by atoms with van der Waals surface area (Å²) in [5.74, 6) is 0. The highest BCUT2D eigenvalue weighted by Gasteiger charge is 1.85. The van der Waals surface area contributed by atoms with E-state index >= 15 is 0 Å². The van der Waals surface area contributed by atoms with Gasteiger partial charge in [-0.05, 0) is 40.7 Å². The van der Waals surface area contributed by atoms with Crippen molar-refractivity contribution >= 4 is 0 Å². The molecule has 78 valence electrons. The molecule has 0 aromatic rings. The van der Waals surface area contributed by atoms with E-state index in [1.54, 1.807) is 0 Å². The van der Waals surface area contributed by atoms with E-state index < -0.39 is 0 Å². The molecule has 0 aromatic heterocycles. The third kappa shape index (κ3) is 32.6. The first-order valence-corrected chi connectivity index (χ1v) is 5.06. The van der Waals surface area contributed by atoms with Crippen molar-refractivity contribution < 1.29 is 0 Å². The van der Waals surface area contributed by atoms with E-state index in [0.29, 0.717) is 0 Å². The topological polar surface area (TPSA) is 15.3 Å². The molecule has 0 bridgehead atoms. The summed E-state index contributed by atoms with van der Waals surface area (Å²) in [7, 11) is 6.17. The number of hydrogen-bond donors (Lipinski definition) is 1. The Bertz CT molecular complexity index is 45.1. The van der Waals surface area contributed by atoms with Gasteiger partial charge >= 0.3 is 0 Å². The number of hydrogen-bond acceptors (Lipinski definition) is 2. The molecule has 2 nitrogen and oxygen atoms in total. The van der Waals surface area contributed by atoms with Gasteiger partial charge in [0.05, 0.1) is 0 Å². The highest BCUT2D eigenvalue weighted by Crippen LogP contribution is 1.78. The maximum atomic E-state index is 3.10. The molecule has 0 unspecified atom stereocenters. The lowest BCUT2D eigenvalue weighted by Gasteiger charge is -2.07. The molecule has 0 aliphatic carbocycles. The number of nitrogens with zero attached hydrogens (tertiary/aromatic N) is 1. The SMILES string of the molecule is CC.CC.CNCCCN(C)C. The summed E-state index contributed by atoms with van der Waals surface area (Å²) >= 11 is 0. The second-order valence-corrected chi connectivity index (χ2v) is 2.26. The van der Waals surface area contributed by atoms with Gasteiger partial charge in [-0.2, -0.15) is 0 Å². The molecular weight excluding hydrogens is 148 g/mol. The number of rotatable bonds is 4. The Morgan fingerprint density at radius 2 is 1.42 bits per heavy atom. The predicted molar refractivity (Wildman–Crippen MR) is 59.8 cm³/mol. The summed E-state index contributed by atoms with van der Waals surface area (Å²) < 4.78 is 0. The first-order chi connectivity index (χ1) is 5.77. The van der Waals surface area contributed by atoms with Crippen LogP contribution in [0.2, 0.25) is 0 Å². The van der Waals surface area contributed by atoms with Crippen LogP contribution in [0.1, 0.15) is 34.1 Å². The molecule has 1 N–H and O–H groups in total. The van der Waals surface area contributed by atoms with Gasteiger partial charge in [-0.25, -0.2) is 0 Å². The van der Waals surface area contributed by atoms with Crippen molar-refractivity contribution in [2.45, 2.75) is 34.1 Å². The molecule has 0 saturated heterocycles. The maximum Gasteiger partial charge on any atom is -0.00127 e. The first kappa shape index (κ1) is 17.9. The lowest BCUT2D eigenvalue weighted by molar-refractivity contribution is 0.397. The maximum absolute atomic E-state index is 3.10. The van der Waals surface area contributed by atoms with Crippen LogP contribution in [-0.4, -0.2) is 39.1 Å². The van der Waals surface area contributed by atoms with E-state index in [4.69, 9.17) is 0 Å². The van der Waals surface area contributed by atoms with E-state index in [-0.39, 0.29) is 0 Å². The van der Waals surface area contributed by atoms with Crippen LogP contribution < -0.4 is 5.32 Å². The Morgan fingerprint density at radius 3 is 1.67 bits per heavy atom. The van der Waals surface area contributed by atoms with E-state index in [1.165, 1.54) is 13.0 Å². The van der Waals surface area contributed by atoms with Crippen LogP contribution in [-0.2, 0) is 0 Å². The van der Waals surface area contributed by atoms with Crippen LogP contribution in [0.4, 0.5) is 0 Å². The zero-order valence-electron chi connectivity index (χ0n) is 10.1. The van der Waals surface area contributed by atoms with Crippen molar-refractivity contribution in [3.63, 3.8) is 0 Å². The van der Waals surface area contributed by atoms with Gasteiger partial charge < -0.3 is 10.2 Å². The van der Waals surface area contributed by atoms with Crippen LogP contribution in [0, 0.1) is 0 Å². The third-order valence-electron chi connectivity index (χ3n) is 1.03. The molecule has 0 amide bonds. The fourth-order valence-electron chi connectivity index (χ4n) is 0.572. The highest BCUT2D eigenvalue weighted by molar-refractivity contribution is 4.44. The molecule has 0 aromatic carbocycles. The second-order valence-electron chi connectivity index (χ2n) is 2.26. The van der Waals surface area contributed by atoms with Crippen LogP contribution in [0.5, 0.6) is 0 Å². The van der Waals surface area contributed by atoms with Crippen molar-refractivity contribution in [1.82, 2.24) is 10.2 Å². The van der Waals surface area contributed by atoms with Gasteiger partial charge in [0, 0.05) is 0 Å². The molecule has 0 heterocycles. The van der Waals surface area contributed by atoms with Gasteiger partial charge in [0.1, 0.15) is 0 Å². The van der Waals surface area contributed by atoms with E-state index in [0.717, 1.165) is 6.54 Å². The Hall–Kier alpha value is -0.0800. The molecular formula is C10H28N2. The summed E-state index contributed by atoms with van der Waals surface area (Å²) in [6, 6.07) is 0. The number of nitrogens with one attached hydrogen (secondary N) is 1. The zero-order chi connectivity index (χ0) is 10.4. The van der Waals surface area contributed by atoms with Crippen LogP contribution >= 0.6 is 0 Å². The van der Waals surface area contributed by atoms with Crippen molar-refractivity contribution in [2.75, 3.05) is 34.2 Å². The summed E-state index contributed by atoms with van der Waals surface area (Å²) in [6.45, 7) is 10.3. The quantitative estimate of drug-likeness (QED) is 0.661. The van der Waals surface area contributed by atoms with Crippen molar-refractivity contribution in [3.05, 3.63) is 0 Å². The van der Waals surface area contributed by atoms with Gasteiger partial charge in [-0.15, -0.1) is 0 Å². The molecule has 0 rings (SSSR count). The Kier molecular flexibility index (Phi) is 33.4. The summed E-state index contributed by atoms with van der Waals surface area (Å²) in [4.78, 5) is 2.19. The normalized spacial score (nSPS) is 8.00. The fraction of sp³-hybridized carbons (Fsp3) is 1.00. The van der Waals surface area contributed by atoms with Crippen LogP contribution in [0.25, 0.3) is 0 Å². The molecule has 0 aliphatic heterocycles. The molecule has 0 spiro atoms. The van der Waals surface area contributed by atoms with Crippen molar-refractivity contribution in [1.29, 1.82) is 0 Å². The molecule has 0 radical (unpaired) electrons. The van der Waals surface area contributed by atoms with Gasteiger partial charge in [0.2, 0.25) is 0 Å². The molecule has 0 atom stereocenters. The average Bonchev–Trinajstić information content (AvgIpc) is 2.12. The monoisotopic (exact) mass is 176 g/mol. The summed E-state index contributed by atoms with van der Waals surface area (Å²) in [6.07, 6.45) is 1.24. The smallest absolute Gasteiger partial charge is 0.00127 e. The summed E-state index contributed by atoms with van der Waals surface area (Å²) in [5, 5.41) is 3.10. The molecule has 0 fully saturated rings. The molecule has 0 aliphatic rings. The van der Waals surface area contributed by atoms with Gasteiger partial charge in [0.25, 0.3) is 0 Å². The standard InChI is InChI=1S/C6H16N2.2C2H6/c1-7-5-4-6-8(2)3;2*1-2/h7H,4-6H2,1-3H3;2*1-2H3. The molecule has 2 heteroatoms. The van der Waals surface area contributed by atoms with Gasteiger partial charge in [-0.1, -0.05) is 27.7 Å². The van der Waals surface area contributed by atoms with Crippen molar-refractivity contribution in [2.24, 2.45) is 0 Å². The Balaban J connectivity index is -0.000000175. The highest BCUT2D eigenvalue weighted by atomic mass is 15.0. The fourth-order valence-corrected chi connectivity index (χ4v) is 0.572. The zero-order valence-corrected chi connectivity index (χ0v) is 10.1. The van der Waals surface area contributed by atoms with Crippen LogP contribution in [0.3, 0.4) is 0 Å². The minimum Gasteiger partial charge on any atom is -0.320 e. The molecule has 12 heavy (non-hydrogen) atoms. The summed E-state index contributed by atoms with van der Waals surface area (Å²) in [5.41, 5.74) is 0. The molecule has 0 saturated carbocycles. The van der Waals surface area contributed by atoms with Gasteiger partial charge in [0.15, 0.2) is 0 Å². The predicted octanol–water partition coefficient (Wildman–Crippen LogP) is 2.21. The minimum atomic E-state index is 1.12. The second kappa shape index (κ2) is 22.4. The van der Waals surface area contributed by atoms with Gasteiger partial charge in [-0.3, -0.25) is 0 Å². The average molecular weight is 176 g/mol.